The molecule has 12 heavy (non-hydrogen) atoms. The fourth-order valence-electron chi connectivity index (χ4n) is 0.740. The van der Waals surface area contributed by atoms with Crippen molar-refractivity contribution in [3.8, 4) is 0 Å². The van der Waals surface area contributed by atoms with Gasteiger partial charge >= 0.3 is 0 Å². The lowest BCUT2D eigenvalue weighted by Gasteiger charge is -1.94. The van der Waals surface area contributed by atoms with Crippen molar-refractivity contribution in [3.05, 3.63) is 16.4 Å². The third-order valence-corrected chi connectivity index (χ3v) is 2.06. The normalized spacial score (nSPS) is 14.0. The summed E-state index contributed by atoms with van der Waals surface area (Å²) in [4.78, 5) is 0. The molecular weight excluding hydrogens is 241 g/mol. The largest absolute Gasteiger partial charge is 0.247 e. The molecule has 0 aliphatic carbocycles. The van der Waals surface area contributed by atoms with E-state index in [4.69, 9.17) is 11.6 Å². The Morgan fingerprint density at radius 1 is 1.67 bits per heavy atom. The van der Waals surface area contributed by atoms with E-state index in [1.165, 1.54) is 0 Å². The monoisotopic (exact) mass is 249 g/mol. The second-order valence-electron chi connectivity index (χ2n) is 2.43. The molecule has 0 N–H and O–H groups in total. The lowest BCUT2D eigenvalue weighted by Crippen LogP contribution is -1.93. The van der Waals surface area contributed by atoms with Crippen LogP contribution in [0.2, 0.25) is 0 Å². The minimum absolute atomic E-state index is 0.0202. The molecule has 1 aromatic rings. The molecule has 1 atom stereocenters. The number of aryl methyl sites for hydroxylation is 1. The fraction of sp³-hybridized carbons (Fsp3) is 0.429. The molecule has 66 valence electrons. The van der Waals surface area contributed by atoms with Gasteiger partial charge in [0.2, 0.25) is 0 Å². The van der Waals surface area contributed by atoms with Crippen LogP contribution in [-0.2, 0) is 7.05 Å². The van der Waals surface area contributed by atoms with Crippen LogP contribution < -0.4 is 0 Å². The zero-order valence-corrected chi connectivity index (χ0v) is 9.17. The molecule has 3 nitrogen and oxygen atoms in total. The summed E-state index contributed by atoms with van der Waals surface area (Å²) in [5, 5.41) is 7.67. The van der Waals surface area contributed by atoms with Crippen molar-refractivity contribution in [2.24, 2.45) is 7.05 Å². The molecule has 0 bridgehead atoms. The van der Waals surface area contributed by atoms with Gasteiger partial charge in [0.1, 0.15) is 0 Å². The molecule has 5 heteroatoms. The predicted molar refractivity (Wildman–Crippen MR) is 53.1 cm³/mol. The minimum Gasteiger partial charge on any atom is -0.247 e. The first-order valence-corrected chi connectivity index (χ1v) is 4.71. The number of allylic oxidation sites excluding steroid dienone is 1. The van der Waals surface area contributed by atoms with Crippen molar-refractivity contribution < 1.29 is 0 Å². The van der Waals surface area contributed by atoms with E-state index in [2.05, 4.69) is 26.2 Å². The van der Waals surface area contributed by atoms with Gasteiger partial charge in [0.05, 0.1) is 5.69 Å². The zero-order valence-electron chi connectivity index (χ0n) is 6.83. The molecule has 0 aliphatic rings. The number of hydrogen-bond acceptors (Lipinski definition) is 2. The molecule has 0 fully saturated rings. The lowest BCUT2D eigenvalue weighted by atomic mass is 10.3. The summed E-state index contributed by atoms with van der Waals surface area (Å²) in [6.07, 6.45) is 3.77. The van der Waals surface area contributed by atoms with Gasteiger partial charge in [-0.2, -0.15) is 0 Å². The van der Waals surface area contributed by atoms with Gasteiger partial charge in [0, 0.05) is 12.4 Å². The average Bonchev–Trinajstić information content (AvgIpc) is 2.28. The zero-order chi connectivity index (χ0) is 9.14. The first-order valence-electron chi connectivity index (χ1n) is 3.48. The molecular formula is C7H9BrClN3. The van der Waals surface area contributed by atoms with Crippen molar-refractivity contribution in [2.75, 3.05) is 0 Å². The van der Waals surface area contributed by atoms with Gasteiger partial charge < -0.3 is 0 Å². The fourth-order valence-corrected chi connectivity index (χ4v) is 1.27. The molecule has 0 spiro atoms. The highest BCUT2D eigenvalue weighted by Gasteiger charge is 2.03. The Morgan fingerprint density at radius 2 is 2.33 bits per heavy atom. The summed E-state index contributed by atoms with van der Waals surface area (Å²) in [6, 6.07) is 0. The molecule has 0 aliphatic heterocycles. The third-order valence-electron chi connectivity index (χ3n) is 1.35. The Kier molecular flexibility index (Phi) is 3.29. The number of halogens is 2. The van der Waals surface area contributed by atoms with Crippen LogP contribution in [0, 0.1) is 0 Å². The Bertz CT molecular complexity index is 273. The summed E-state index contributed by atoms with van der Waals surface area (Å²) in [7, 11) is 1.83. The molecule has 1 unspecified atom stereocenters. The Balaban J connectivity index is 2.87. The van der Waals surface area contributed by atoms with Crippen LogP contribution in [0.5, 0.6) is 0 Å². The van der Waals surface area contributed by atoms with Crippen molar-refractivity contribution in [3.63, 3.8) is 0 Å². The smallest absolute Gasteiger partial charge is 0.155 e. The maximum atomic E-state index is 5.75. The van der Waals surface area contributed by atoms with Crippen molar-refractivity contribution in [2.45, 2.75) is 12.3 Å². The van der Waals surface area contributed by atoms with E-state index in [1.54, 1.807) is 4.68 Å². The van der Waals surface area contributed by atoms with E-state index in [0.717, 1.165) is 10.3 Å². The summed E-state index contributed by atoms with van der Waals surface area (Å²) in [5.41, 5.74) is 0.919. The number of rotatable bonds is 2. The third kappa shape index (κ3) is 2.32. The van der Waals surface area contributed by atoms with Gasteiger partial charge in [-0.25, -0.2) is 4.68 Å². The van der Waals surface area contributed by atoms with Gasteiger partial charge in [0.15, 0.2) is 4.60 Å². The topological polar surface area (TPSA) is 30.7 Å². The predicted octanol–water partition coefficient (Wildman–Crippen LogP) is 2.22. The van der Waals surface area contributed by atoms with Crippen molar-refractivity contribution in [1.82, 2.24) is 15.0 Å². The van der Waals surface area contributed by atoms with Crippen molar-refractivity contribution in [1.29, 1.82) is 0 Å². The van der Waals surface area contributed by atoms with E-state index < -0.39 is 0 Å². The van der Waals surface area contributed by atoms with Crippen LogP contribution in [0.25, 0.3) is 6.08 Å². The minimum atomic E-state index is 0.0202. The van der Waals surface area contributed by atoms with E-state index in [1.807, 2.05) is 26.1 Å². The second-order valence-corrected chi connectivity index (χ2v) is 3.87. The van der Waals surface area contributed by atoms with Gasteiger partial charge in [-0.05, 0) is 28.9 Å². The van der Waals surface area contributed by atoms with E-state index in [9.17, 15) is 0 Å². The highest BCUT2D eigenvalue weighted by Crippen LogP contribution is 2.14. The van der Waals surface area contributed by atoms with Gasteiger partial charge in [-0.15, -0.1) is 16.7 Å². The van der Waals surface area contributed by atoms with Crippen LogP contribution in [0.15, 0.2) is 10.7 Å². The van der Waals surface area contributed by atoms with Gasteiger partial charge in [-0.1, -0.05) is 11.3 Å². The molecule has 0 saturated heterocycles. The number of nitrogens with zero attached hydrogens (tertiary/aromatic N) is 3. The summed E-state index contributed by atoms with van der Waals surface area (Å²) >= 11 is 9.03. The number of aromatic nitrogens is 3. The lowest BCUT2D eigenvalue weighted by molar-refractivity contribution is 0.709. The van der Waals surface area contributed by atoms with Crippen LogP contribution in [-0.4, -0.2) is 20.4 Å². The summed E-state index contributed by atoms with van der Waals surface area (Å²) in [5.74, 6) is 0. The molecule has 1 heterocycles. The van der Waals surface area contributed by atoms with E-state index in [-0.39, 0.29) is 5.38 Å². The summed E-state index contributed by atoms with van der Waals surface area (Å²) in [6.45, 7) is 1.90. The first-order chi connectivity index (χ1) is 5.61. The highest BCUT2D eigenvalue weighted by molar-refractivity contribution is 9.10. The van der Waals surface area contributed by atoms with Crippen LogP contribution in [0.1, 0.15) is 12.6 Å². The molecule has 0 aromatic carbocycles. The molecule has 1 rings (SSSR count). The van der Waals surface area contributed by atoms with Crippen LogP contribution >= 0.6 is 27.5 Å². The highest BCUT2D eigenvalue weighted by atomic mass is 79.9. The average molecular weight is 251 g/mol. The van der Waals surface area contributed by atoms with Crippen LogP contribution in [0.4, 0.5) is 0 Å². The molecule has 0 saturated carbocycles. The molecule has 0 amide bonds. The Labute approximate surface area is 84.5 Å². The van der Waals surface area contributed by atoms with E-state index in [0.29, 0.717) is 0 Å². The van der Waals surface area contributed by atoms with Gasteiger partial charge in [0.25, 0.3) is 0 Å². The molecule has 1 aromatic heterocycles. The standard InChI is InChI=1S/C7H9BrClN3/c1-5(9)3-4-6-7(8)10-11-12(6)2/h3-5H,1-2H3/b4-3+. The Morgan fingerprint density at radius 3 is 2.75 bits per heavy atom. The maximum Gasteiger partial charge on any atom is 0.155 e. The van der Waals surface area contributed by atoms with Gasteiger partial charge in [-0.3, -0.25) is 0 Å². The molecule has 0 radical (unpaired) electrons. The van der Waals surface area contributed by atoms with Crippen LogP contribution in [0.3, 0.4) is 0 Å². The first kappa shape index (κ1) is 9.74. The maximum absolute atomic E-state index is 5.75. The van der Waals surface area contributed by atoms with E-state index >= 15 is 0 Å². The SMILES string of the molecule is CC(Cl)/C=C/c1c(Br)nnn1C. The second kappa shape index (κ2) is 4.05. The summed E-state index contributed by atoms with van der Waals surface area (Å²) < 4.78 is 2.42. The Hall–Kier alpha value is -0.350. The van der Waals surface area contributed by atoms with Crippen molar-refractivity contribution >= 4 is 33.6 Å². The number of hydrogen-bond donors (Lipinski definition) is 0. The quantitative estimate of drug-likeness (QED) is 0.754. The number of alkyl halides is 1.